The van der Waals surface area contributed by atoms with Crippen LogP contribution in [0.3, 0.4) is 0 Å². The van der Waals surface area contributed by atoms with Crippen LogP contribution in [-0.4, -0.2) is 16.8 Å². The Morgan fingerprint density at radius 3 is 2.47 bits per heavy atom. The monoisotopic (exact) mass is 261 g/mol. The van der Waals surface area contributed by atoms with Gasteiger partial charge in [-0.05, 0) is 30.7 Å². The molecule has 1 heterocycles. The molecule has 0 bridgehead atoms. The Balaban J connectivity index is 2.93. The van der Waals surface area contributed by atoms with Crippen molar-refractivity contribution in [2.24, 2.45) is 5.92 Å². The summed E-state index contributed by atoms with van der Waals surface area (Å²) in [4.78, 5) is 0. The Bertz CT molecular complexity index is 451. The Labute approximate surface area is 115 Å². The lowest BCUT2D eigenvalue weighted by Crippen LogP contribution is -2.12. The molecule has 0 radical (unpaired) electrons. The van der Waals surface area contributed by atoms with Gasteiger partial charge in [0.15, 0.2) is 0 Å². The number of aromatic nitrogens is 2. The molecule has 4 nitrogen and oxygen atoms in total. The first-order valence-electron chi connectivity index (χ1n) is 7.09. The van der Waals surface area contributed by atoms with Crippen LogP contribution >= 0.6 is 0 Å². The summed E-state index contributed by atoms with van der Waals surface area (Å²) >= 11 is 0. The second-order valence-corrected chi connectivity index (χ2v) is 4.83. The van der Waals surface area contributed by atoms with Crippen molar-refractivity contribution in [3.63, 3.8) is 0 Å². The van der Waals surface area contributed by atoms with Crippen LogP contribution in [0.2, 0.25) is 0 Å². The van der Waals surface area contributed by atoms with Crippen LogP contribution in [0.1, 0.15) is 57.4 Å². The second-order valence-electron chi connectivity index (χ2n) is 4.83. The zero-order chi connectivity index (χ0) is 14.3. The fourth-order valence-corrected chi connectivity index (χ4v) is 2.17. The summed E-state index contributed by atoms with van der Waals surface area (Å²) in [6, 6.07) is 2.22. The van der Waals surface area contributed by atoms with E-state index in [2.05, 4.69) is 30.1 Å². The second kappa shape index (κ2) is 7.73. The molecule has 0 saturated carbocycles. The summed E-state index contributed by atoms with van der Waals surface area (Å²) in [7, 11) is 0. The van der Waals surface area contributed by atoms with E-state index in [0.717, 1.165) is 36.9 Å². The molecular formula is C15H23N3O. The van der Waals surface area contributed by atoms with Crippen LogP contribution in [0, 0.1) is 17.2 Å². The van der Waals surface area contributed by atoms with Gasteiger partial charge in [0, 0.05) is 0 Å². The maximum Gasteiger partial charge on any atom is 0.251 e. The van der Waals surface area contributed by atoms with E-state index in [9.17, 15) is 5.26 Å². The Kier molecular flexibility index (Phi) is 6.27. The number of nitrogens with zero attached hydrogens (tertiary/aromatic N) is 3. The van der Waals surface area contributed by atoms with Gasteiger partial charge < -0.3 is 4.74 Å². The molecule has 0 aliphatic rings. The molecule has 1 aromatic rings. The number of rotatable bonds is 7. The van der Waals surface area contributed by atoms with Crippen molar-refractivity contribution >= 4 is 0 Å². The third-order valence-corrected chi connectivity index (χ3v) is 3.21. The van der Waals surface area contributed by atoms with Gasteiger partial charge >= 0.3 is 0 Å². The zero-order valence-corrected chi connectivity index (χ0v) is 12.4. The third-order valence-electron chi connectivity index (χ3n) is 3.21. The first-order valence-corrected chi connectivity index (χ1v) is 7.09. The van der Waals surface area contributed by atoms with E-state index in [1.54, 1.807) is 0 Å². The topological polar surface area (TPSA) is 58.8 Å². The number of aryl methyl sites for hydroxylation is 1. The van der Waals surface area contributed by atoms with Gasteiger partial charge in [0.1, 0.15) is 11.6 Å². The molecule has 1 aromatic heterocycles. The number of nitriles is 1. The Hall–Kier alpha value is -1.63. The molecule has 0 aliphatic heterocycles. The number of ether oxygens (including phenoxy) is 1. The molecule has 0 amide bonds. The SMILES string of the molecule is CCCC(C)COc1nnc(CC)c(CC)c1C#N. The van der Waals surface area contributed by atoms with E-state index in [1.165, 1.54) is 0 Å². The summed E-state index contributed by atoms with van der Waals surface area (Å²) in [6.45, 7) is 8.94. The fraction of sp³-hybridized carbons (Fsp3) is 0.667. The summed E-state index contributed by atoms with van der Waals surface area (Å²) in [5, 5.41) is 17.6. The summed E-state index contributed by atoms with van der Waals surface area (Å²) in [5.41, 5.74) is 2.42. The van der Waals surface area contributed by atoms with Crippen LogP contribution in [0.15, 0.2) is 0 Å². The van der Waals surface area contributed by atoms with Gasteiger partial charge in [-0.2, -0.15) is 10.4 Å². The molecule has 0 spiro atoms. The molecule has 0 aromatic carbocycles. The molecule has 0 saturated heterocycles. The molecule has 1 rings (SSSR count). The van der Waals surface area contributed by atoms with Gasteiger partial charge in [-0.3, -0.25) is 0 Å². The maximum atomic E-state index is 9.32. The molecule has 4 heteroatoms. The minimum Gasteiger partial charge on any atom is -0.475 e. The van der Waals surface area contributed by atoms with Gasteiger partial charge in [0.2, 0.25) is 0 Å². The van der Waals surface area contributed by atoms with Crippen molar-refractivity contribution in [1.82, 2.24) is 10.2 Å². The first kappa shape index (κ1) is 15.4. The molecule has 19 heavy (non-hydrogen) atoms. The van der Waals surface area contributed by atoms with Gasteiger partial charge in [-0.25, -0.2) is 0 Å². The fourth-order valence-electron chi connectivity index (χ4n) is 2.17. The predicted octanol–water partition coefficient (Wildman–Crippen LogP) is 3.29. The zero-order valence-electron chi connectivity index (χ0n) is 12.4. The van der Waals surface area contributed by atoms with E-state index in [-0.39, 0.29) is 0 Å². The highest BCUT2D eigenvalue weighted by Crippen LogP contribution is 2.22. The molecule has 1 atom stereocenters. The van der Waals surface area contributed by atoms with Crippen molar-refractivity contribution in [2.45, 2.75) is 53.4 Å². The van der Waals surface area contributed by atoms with Gasteiger partial charge in [0.25, 0.3) is 5.88 Å². The molecule has 0 N–H and O–H groups in total. The Morgan fingerprint density at radius 1 is 1.21 bits per heavy atom. The minimum atomic E-state index is 0.388. The summed E-state index contributed by atoms with van der Waals surface area (Å²) < 4.78 is 5.69. The molecule has 1 unspecified atom stereocenters. The molecule has 104 valence electrons. The van der Waals surface area contributed by atoms with E-state index in [4.69, 9.17) is 4.74 Å². The average molecular weight is 261 g/mol. The van der Waals surface area contributed by atoms with Gasteiger partial charge in [-0.15, -0.1) is 5.10 Å². The largest absolute Gasteiger partial charge is 0.475 e. The van der Waals surface area contributed by atoms with Crippen molar-refractivity contribution < 1.29 is 4.74 Å². The minimum absolute atomic E-state index is 0.388. The van der Waals surface area contributed by atoms with E-state index >= 15 is 0 Å². The number of hydrogen-bond donors (Lipinski definition) is 0. The van der Waals surface area contributed by atoms with Crippen LogP contribution in [0.25, 0.3) is 0 Å². The highest BCUT2D eigenvalue weighted by Gasteiger charge is 2.16. The third kappa shape index (κ3) is 3.92. The lowest BCUT2D eigenvalue weighted by Gasteiger charge is -2.14. The lowest BCUT2D eigenvalue weighted by atomic mass is 10.0. The summed E-state index contributed by atoms with van der Waals surface area (Å²) in [6.07, 6.45) is 3.82. The smallest absolute Gasteiger partial charge is 0.251 e. The molecule has 0 fully saturated rings. The molecular weight excluding hydrogens is 238 g/mol. The van der Waals surface area contributed by atoms with Crippen molar-refractivity contribution in [2.75, 3.05) is 6.61 Å². The Morgan fingerprint density at radius 2 is 1.95 bits per heavy atom. The average Bonchev–Trinajstić information content (AvgIpc) is 2.43. The predicted molar refractivity (Wildman–Crippen MR) is 75.1 cm³/mol. The van der Waals surface area contributed by atoms with Crippen molar-refractivity contribution in [3.8, 4) is 11.9 Å². The maximum absolute atomic E-state index is 9.32. The lowest BCUT2D eigenvalue weighted by molar-refractivity contribution is 0.239. The van der Waals surface area contributed by atoms with Crippen LogP contribution in [0.5, 0.6) is 5.88 Å². The highest BCUT2D eigenvalue weighted by molar-refractivity contribution is 5.46. The van der Waals surface area contributed by atoms with Crippen LogP contribution < -0.4 is 4.74 Å². The van der Waals surface area contributed by atoms with E-state index in [1.807, 2.05) is 13.8 Å². The highest BCUT2D eigenvalue weighted by atomic mass is 16.5. The van der Waals surface area contributed by atoms with Crippen molar-refractivity contribution in [3.05, 3.63) is 16.8 Å². The summed E-state index contributed by atoms with van der Waals surface area (Å²) in [5.74, 6) is 0.855. The van der Waals surface area contributed by atoms with Crippen LogP contribution in [-0.2, 0) is 12.8 Å². The standard InChI is InChI=1S/C15H23N3O/c1-5-8-11(4)10-19-15-13(9-16)12(6-2)14(7-3)17-18-15/h11H,5-8,10H2,1-4H3. The normalized spacial score (nSPS) is 11.9. The van der Waals surface area contributed by atoms with Gasteiger partial charge in [0.05, 0.1) is 12.3 Å². The quantitative estimate of drug-likeness (QED) is 0.755. The van der Waals surface area contributed by atoms with Gasteiger partial charge in [-0.1, -0.05) is 34.1 Å². The van der Waals surface area contributed by atoms with Crippen LogP contribution in [0.4, 0.5) is 0 Å². The number of hydrogen-bond acceptors (Lipinski definition) is 4. The van der Waals surface area contributed by atoms with E-state index < -0.39 is 0 Å². The molecule has 0 aliphatic carbocycles. The first-order chi connectivity index (χ1) is 9.17. The van der Waals surface area contributed by atoms with Crippen molar-refractivity contribution in [1.29, 1.82) is 5.26 Å². The van der Waals surface area contributed by atoms with E-state index in [0.29, 0.717) is 24.0 Å².